The average Bonchev–Trinajstić information content (AvgIpc) is 2.67. The summed E-state index contributed by atoms with van der Waals surface area (Å²) in [6, 6.07) is 0. The highest BCUT2D eigenvalue weighted by Gasteiger charge is 2.27. The number of nitrogens with zero attached hydrogens (tertiary/aromatic N) is 2. The van der Waals surface area contributed by atoms with Crippen molar-refractivity contribution < 1.29 is 4.79 Å². The van der Waals surface area contributed by atoms with Gasteiger partial charge in [0.25, 0.3) is 0 Å². The molecule has 0 N–H and O–H groups in total. The van der Waals surface area contributed by atoms with Crippen molar-refractivity contribution in [2.75, 3.05) is 11.5 Å². The molecule has 1 atom stereocenters. The highest BCUT2D eigenvalue weighted by atomic mass is 35.5. The highest BCUT2D eigenvalue weighted by Crippen LogP contribution is 2.28. The first-order chi connectivity index (χ1) is 7.09. The summed E-state index contributed by atoms with van der Waals surface area (Å²) >= 11 is 7.83. The molecule has 0 aliphatic carbocycles. The molecule has 0 spiro atoms. The average molecular weight is 245 g/mol. The van der Waals surface area contributed by atoms with Crippen molar-refractivity contribution >= 4 is 29.1 Å². The van der Waals surface area contributed by atoms with Crippen molar-refractivity contribution in [3.8, 4) is 0 Å². The minimum absolute atomic E-state index is 0.135. The topological polar surface area (TPSA) is 34.9 Å². The fraction of sp³-hybridized carbons (Fsp3) is 0.600. The summed E-state index contributed by atoms with van der Waals surface area (Å²) in [5.74, 6) is 2.06. The summed E-state index contributed by atoms with van der Waals surface area (Å²) in [6.07, 6.45) is 0.740. The number of ketones is 1. The minimum atomic E-state index is 0.135. The number of rotatable bonds is 2. The third kappa shape index (κ3) is 2.06. The van der Waals surface area contributed by atoms with Gasteiger partial charge in [0.15, 0.2) is 0 Å². The number of thioether (sulfide) groups is 1. The number of hydrogen-bond donors (Lipinski definition) is 0. The maximum absolute atomic E-state index is 11.5. The third-order valence-corrected chi connectivity index (χ3v) is 4.34. The summed E-state index contributed by atoms with van der Waals surface area (Å²) in [5.41, 5.74) is 1.97. The summed E-state index contributed by atoms with van der Waals surface area (Å²) < 4.78 is 1.67. The second kappa shape index (κ2) is 4.18. The van der Waals surface area contributed by atoms with Crippen LogP contribution in [0, 0.1) is 12.8 Å². The number of hydrogen-bond acceptors (Lipinski definition) is 3. The Balaban J connectivity index is 2.20. The van der Waals surface area contributed by atoms with Gasteiger partial charge < -0.3 is 0 Å². The van der Waals surface area contributed by atoms with Crippen molar-refractivity contribution in [1.29, 1.82) is 0 Å². The number of aromatic nitrogens is 2. The minimum Gasteiger partial charge on any atom is -0.298 e. The first-order valence-corrected chi connectivity index (χ1v) is 6.41. The number of aryl methyl sites for hydroxylation is 2. The molecule has 15 heavy (non-hydrogen) atoms. The van der Waals surface area contributed by atoms with Gasteiger partial charge in [-0.1, -0.05) is 11.6 Å². The summed E-state index contributed by atoms with van der Waals surface area (Å²) in [7, 11) is 1.82. The van der Waals surface area contributed by atoms with Crippen LogP contribution in [0.1, 0.15) is 11.3 Å². The second-order valence-corrected chi connectivity index (χ2v) is 5.25. The van der Waals surface area contributed by atoms with E-state index in [1.807, 2.05) is 14.0 Å². The predicted octanol–water partition coefficient (Wildman–Crippen LogP) is 1.86. The molecular formula is C10H13ClN2OS. The lowest BCUT2D eigenvalue weighted by molar-refractivity contribution is -0.119. The van der Waals surface area contributed by atoms with Crippen LogP contribution >= 0.6 is 23.4 Å². The molecule has 0 bridgehead atoms. The fourth-order valence-corrected chi connectivity index (χ4v) is 3.23. The standard InChI is InChI=1S/C10H13ClN2OS/c1-6-8(10(11)13(2)12-6)3-7-4-15-5-9(7)14/h7H,3-5H2,1-2H3. The van der Waals surface area contributed by atoms with Crippen LogP contribution in [-0.4, -0.2) is 27.1 Å². The van der Waals surface area contributed by atoms with E-state index in [-0.39, 0.29) is 5.92 Å². The van der Waals surface area contributed by atoms with E-state index in [2.05, 4.69) is 5.10 Å². The zero-order valence-electron chi connectivity index (χ0n) is 8.79. The van der Waals surface area contributed by atoms with Crippen LogP contribution in [0.15, 0.2) is 0 Å². The van der Waals surface area contributed by atoms with E-state index in [4.69, 9.17) is 11.6 Å². The van der Waals surface area contributed by atoms with E-state index in [1.54, 1.807) is 16.4 Å². The summed E-state index contributed by atoms with van der Waals surface area (Å²) in [6.45, 7) is 1.94. The van der Waals surface area contributed by atoms with Gasteiger partial charge in [-0.25, -0.2) is 0 Å². The van der Waals surface area contributed by atoms with Gasteiger partial charge in [-0.15, -0.1) is 0 Å². The fourth-order valence-electron chi connectivity index (χ4n) is 1.84. The molecular weight excluding hydrogens is 232 g/mol. The number of Topliss-reactive ketones (excluding diaryl/α,β-unsaturated/α-hetero) is 1. The molecule has 0 aromatic carbocycles. The summed E-state index contributed by atoms with van der Waals surface area (Å²) in [5, 5.41) is 4.91. The van der Waals surface area contributed by atoms with E-state index in [0.717, 1.165) is 23.4 Å². The van der Waals surface area contributed by atoms with Gasteiger partial charge in [0, 0.05) is 24.3 Å². The molecule has 2 heterocycles. The molecule has 82 valence electrons. The molecule has 0 amide bonds. The molecule has 5 heteroatoms. The molecule has 1 aliphatic rings. The largest absolute Gasteiger partial charge is 0.298 e. The lowest BCUT2D eigenvalue weighted by Crippen LogP contribution is -2.14. The maximum Gasteiger partial charge on any atom is 0.146 e. The van der Waals surface area contributed by atoms with E-state index >= 15 is 0 Å². The Morgan fingerprint density at radius 3 is 2.87 bits per heavy atom. The molecule has 1 aromatic rings. The van der Waals surface area contributed by atoms with Crippen LogP contribution < -0.4 is 0 Å². The Hall–Kier alpha value is -0.480. The number of carbonyl (C=O) groups excluding carboxylic acids is 1. The third-order valence-electron chi connectivity index (χ3n) is 2.74. The second-order valence-electron chi connectivity index (χ2n) is 3.86. The normalized spacial score (nSPS) is 21.3. The zero-order valence-corrected chi connectivity index (χ0v) is 10.4. The first-order valence-electron chi connectivity index (χ1n) is 4.88. The molecule has 2 rings (SSSR count). The van der Waals surface area contributed by atoms with E-state index in [1.165, 1.54) is 0 Å². The van der Waals surface area contributed by atoms with Gasteiger partial charge >= 0.3 is 0 Å². The van der Waals surface area contributed by atoms with E-state index < -0.39 is 0 Å². The van der Waals surface area contributed by atoms with Crippen LogP contribution in [-0.2, 0) is 18.3 Å². The van der Waals surface area contributed by atoms with Gasteiger partial charge in [0.05, 0.1) is 11.4 Å². The highest BCUT2D eigenvalue weighted by molar-refractivity contribution is 8.00. The van der Waals surface area contributed by atoms with Crippen LogP contribution in [0.25, 0.3) is 0 Å². The Morgan fingerprint density at radius 2 is 2.40 bits per heavy atom. The molecule has 1 aliphatic heterocycles. The van der Waals surface area contributed by atoms with Crippen LogP contribution in [0.2, 0.25) is 5.15 Å². The SMILES string of the molecule is Cc1nn(C)c(Cl)c1CC1CSCC1=O. The number of halogens is 1. The molecule has 1 saturated heterocycles. The Bertz CT molecular complexity index is 402. The van der Waals surface area contributed by atoms with Gasteiger partial charge in [-0.3, -0.25) is 9.48 Å². The lowest BCUT2D eigenvalue weighted by atomic mass is 9.98. The zero-order chi connectivity index (χ0) is 11.0. The van der Waals surface area contributed by atoms with Crippen LogP contribution in [0.5, 0.6) is 0 Å². The van der Waals surface area contributed by atoms with E-state index in [0.29, 0.717) is 16.7 Å². The molecule has 0 radical (unpaired) electrons. The number of carbonyl (C=O) groups is 1. The van der Waals surface area contributed by atoms with Crippen molar-refractivity contribution in [1.82, 2.24) is 9.78 Å². The van der Waals surface area contributed by atoms with Gasteiger partial charge in [-0.05, 0) is 13.3 Å². The predicted molar refractivity (Wildman–Crippen MR) is 62.5 cm³/mol. The molecule has 1 unspecified atom stereocenters. The van der Waals surface area contributed by atoms with Crippen LogP contribution in [0.3, 0.4) is 0 Å². The van der Waals surface area contributed by atoms with Crippen molar-refractivity contribution in [2.24, 2.45) is 13.0 Å². The smallest absolute Gasteiger partial charge is 0.146 e. The quantitative estimate of drug-likeness (QED) is 0.797. The lowest BCUT2D eigenvalue weighted by Gasteiger charge is -2.06. The Morgan fingerprint density at radius 1 is 1.67 bits per heavy atom. The van der Waals surface area contributed by atoms with Crippen molar-refractivity contribution in [3.63, 3.8) is 0 Å². The van der Waals surface area contributed by atoms with Gasteiger partial charge in [0.2, 0.25) is 0 Å². The van der Waals surface area contributed by atoms with Gasteiger partial charge in [-0.2, -0.15) is 16.9 Å². The Labute approximate surface area is 98.2 Å². The van der Waals surface area contributed by atoms with Crippen molar-refractivity contribution in [2.45, 2.75) is 13.3 Å². The maximum atomic E-state index is 11.5. The van der Waals surface area contributed by atoms with E-state index in [9.17, 15) is 4.79 Å². The van der Waals surface area contributed by atoms with Crippen molar-refractivity contribution in [3.05, 3.63) is 16.4 Å². The monoisotopic (exact) mass is 244 g/mol. The Kier molecular flexibility index (Phi) is 3.07. The first kappa shape index (κ1) is 11.0. The molecule has 1 fully saturated rings. The van der Waals surface area contributed by atoms with Gasteiger partial charge in [0.1, 0.15) is 10.9 Å². The molecule has 0 saturated carbocycles. The van der Waals surface area contributed by atoms with Crippen LogP contribution in [0.4, 0.5) is 0 Å². The molecule has 1 aromatic heterocycles. The molecule has 3 nitrogen and oxygen atoms in total. The summed E-state index contributed by atoms with van der Waals surface area (Å²) in [4.78, 5) is 11.5.